The highest BCUT2D eigenvalue weighted by atomic mass is 16.5. The van der Waals surface area contributed by atoms with Crippen molar-refractivity contribution in [2.75, 3.05) is 11.9 Å². The number of hydrogen-bond donors (Lipinski definition) is 2. The topological polar surface area (TPSA) is 54.4 Å². The van der Waals surface area contributed by atoms with Crippen LogP contribution in [0.5, 0.6) is 5.75 Å². The summed E-state index contributed by atoms with van der Waals surface area (Å²) in [5, 5.41) is 12.5. The van der Waals surface area contributed by atoms with Crippen LogP contribution in [0.3, 0.4) is 0 Å². The summed E-state index contributed by atoms with van der Waals surface area (Å²) >= 11 is 0. The van der Waals surface area contributed by atoms with Gasteiger partial charge in [-0.15, -0.1) is 0 Å². The van der Waals surface area contributed by atoms with Crippen LogP contribution in [0.2, 0.25) is 0 Å². The largest absolute Gasteiger partial charge is 0.487 e. The van der Waals surface area contributed by atoms with Crippen molar-refractivity contribution in [3.05, 3.63) is 53.7 Å². The molecule has 2 N–H and O–H groups in total. The lowest BCUT2D eigenvalue weighted by Crippen LogP contribution is -2.05. The first-order chi connectivity index (χ1) is 9.83. The van der Waals surface area contributed by atoms with Crippen LogP contribution in [-0.4, -0.2) is 16.6 Å². The average Bonchev–Trinajstić information content (AvgIpc) is 2.51. The number of aromatic nitrogens is 1. The van der Waals surface area contributed by atoms with Crippen molar-refractivity contribution >= 4 is 5.82 Å². The minimum absolute atomic E-state index is 0.0261. The Hall–Kier alpha value is -2.07. The predicted octanol–water partition coefficient (Wildman–Crippen LogP) is 2.97. The minimum Gasteiger partial charge on any atom is -0.487 e. The number of aliphatic hydroxyl groups excluding tert-OH is 1. The Labute approximate surface area is 119 Å². The first-order valence-electron chi connectivity index (χ1n) is 6.85. The molecule has 0 radical (unpaired) electrons. The van der Waals surface area contributed by atoms with E-state index >= 15 is 0 Å². The van der Waals surface area contributed by atoms with Crippen molar-refractivity contribution in [3.8, 4) is 5.75 Å². The van der Waals surface area contributed by atoms with Gasteiger partial charge in [-0.25, -0.2) is 4.98 Å². The molecule has 0 saturated heterocycles. The fourth-order valence-corrected chi connectivity index (χ4v) is 1.84. The van der Waals surface area contributed by atoms with E-state index < -0.39 is 0 Å². The standard InChI is InChI=1S/C16H20N2O2/c1-2-10-17-16-9-5-7-14(18-16)12-20-15-8-4-3-6-13(15)11-19/h3-9,19H,2,10-12H2,1H3,(H,17,18). The van der Waals surface area contributed by atoms with Crippen molar-refractivity contribution in [2.45, 2.75) is 26.6 Å². The third-order valence-electron chi connectivity index (χ3n) is 2.88. The van der Waals surface area contributed by atoms with Gasteiger partial charge in [-0.2, -0.15) is 0 Å². The summed E-state index contributed by atoms with van der Waals surface area (Å²) in [4.78, 5) is 4.48. The Kier molecular flexibility index (Phi) is 5.38. The van der Waals surface area contributed by atoms with E-state index in [-0.39, 0.29) is 6.61 Å². The van der Waals surface area contributed by atoms with E-state index in [1.807, 2.05) is 42.5 Å². The lowest BCUT2D eigenvalue weighted by molar-refractivity contribution is 0.257. The zero-order valence-electron chi connectivity index (χ0n) is 11.7. The molecule has 0 amide bonds. The summed E-state index contributed by atoms with van der Waals surface area (Å²) in [6.07, 6.45) is 1.06. The van der Waals surface area contributed by atoms with Gasteiger partial charge in [-0.1, -0.05) is 31.2 Å². The molecule has 0 bridgehead atoms. The van der Waals surface area contributed by atoms with E-state index in [0.29, 0.717) is 12.4 Å². The Morgan fingerprint density at radius 1 is 1.15 bits per heavy atom. The van der Waals surface area contributed by atoms with E-state index in [4.69, 9.17) is 4.74 Å². The van der Waals surface area contributed by atoms with Crippen molar-refractivity contribution in [1.82, 2.24) is 4.98 Å². The van der Waals surface area contributed by atoms with E-state index in [9.17, 15) is 5.11 Å². The summed E-state index contributed by atoms with van der Waals surface area (Å²) in [6, 6.07) is 13.3. The fourth-order valence-electron chi connectivity index (χ4n) is 1.84. The second-order valence-corrected chi connectivity index (χ2v) is 4.50. The highest BCUT2D eigenvalue weighted by molar-refractivity contribution is 5.36. The third kappa shape index (κ3) is 3.96. The Morgan fingerprint density at radius 2 is 2.00 bits per heavy atom. The predicted molar refractivity (Wildman–Crippen MR) is 79.7 cm³/mol. The molecule has 4 heteroatoms. The first kappa shape index (κ1) is 14.3. The average molecular weight is 272 g/mol. The van der Waals surface area contributed by atoms with Crippen LogP contribution < -0.4 is 10.1 Å². The normalized spacial score (nSPS) is 10.3. The number of nitrogens with one attached hydrogen (secondary N) is 1. The molecule has 0 unspecified atom stereocenters. The lowest BCUT2D eigenvalue weighted by Gasteiger charge is -2.10. The molecule has 0 spiro atoms. The number of ether oxygens (including phenoxy) is 1. The number of para-hydroxylation sites is 1. The molecule has 2 rings (SSSR count). The van der Waals surface area contributed by atoms with Crippen LogP contribution >= 0.6 is 0 Å². The molecular formula is C16H20N2O2. The molecule has 20 heavy (non-hydrogen) atoms. The van der Waals surface area contributed by atoms with Gasteiger partial charge < -0.3 is 15.2 Å². The molecule has 0 atom stereocenters. The van der Waals surface area contributed by atoms with Gasteiger partial charge >= 0.3 is 0 Å². The maximum atomic E-state index is 9.25. The number of anilines is 1. The molecule has 0 aliphatic heterocycles. The number of benzene rings is 1. The van der Waals surface area contributed by atoms with Gasteiger partial charge in [0, 0.05) is 12.1 Å². The van der Waals surface area contributed by atoms with Crippen molar-refractivity contribution in [2.24, 2.45) is 0 Å². The first-order valence-corrected chi connectivity index (χ1v) is 6.85. The highest BCUT2D eigenvalue weighted by Crippen LogP contribution is 2.19. The van der Waals surface area contributed by atoms with E-state index in [0.717, 1.165) is 30.0 Å². The number of pyridine rings is 1. The molecular weight excluding hydrogens is 252 g/mol. The summed E-state index contributed by atoms with van der Waals surface area (Å²) in [6.45, 7) is 3.39. The Bertz CT molecular complexity index is 544. The minimum atomic E-state index is -0.0261. The lowest BCUT2D eigenvalue weighted by atomic mass is 10.2. The number of nitrogens with zero attached hydrogens (tertiary/aromatic N) is 1. The fraction of sp³-hybridized carbons (Fsp3) is 0.312. The zero-order valence-corrected chi connectivity index (χ0v) is 11.7. The van der Waals surface area contributed by atoms with Gasteiger partial charge in [0.15, 0.2) is 0 Å². The molecule has 1 aromatic heterocycles. The van der Waals surface area contributed by atoms with Crippen LogP contribution in [0.1, 0.15) is 24.6 Å². The Balaban J connectivity index is 1.99. The maximum absolute atomic E-state index is 9.25. The molecule has 0 fully saturated rings. The van der Waals surface area contributed by atoms with E-state index in [1.54, 1.807) is 0 Å². The molecule has 0 saturated carbocycles. The molecule has 4 nitrogen and oxygen atoms in total. The molecule has 1 heterocycles. The highest BCUT2D eigenvalue weighted by Gasteiger charge is 2.03. The summed E-state index contributed by atoms with van der Waals surface area (Å²) in [5.41, 5.74) is 1.65. The third-order valence-corrected chi connectivity index (χ3v) is 2.88. The van der Waals surface area contributed by atoms with Gasteiger partial charge in [0.1, 0.15) is 18.2 Å². The SMILES string of the molecule is CCCNc1cccc(COc2ccccc2CO)n1. The quantitative estimate of drug-likeness (QED) is 0.813. The van der Waals surface area contributed by atoms with Crippen LogP contribution in [0.25, 0.3) is 0 Å². The summed E-state index contributed by atoms with van der Waals surface area (Å²) in [7, 11) is 0. The second kappa shape index (κ2) is 7.50. The summed E-state index contributed by atoms with van der Waals surface area (Å²) in [5.74, 6) is 1.56. The van der Waals surface area contributed by atoms with Crippen LogP contribution in [0, 0.1) is 0 Å². The van der Waals surface area contributed by atoms with Gasteiger partial charge in [0.25, 0.3) is 0 Å². The smallest absolute Gasteiger partial charge is 0.130 e. The number of rotatable bonds is 7. The molecule has 0 aliphatic rings. The summed E-state index contributed by atoms with van der Waals surface area (Å²) < 4.78 is 5.72. The van der Waals surface area contributed by atoms with Crippen LogP contribution in [0.4, 0.5) is 5.82 Å². The second-order valence-electron chi connectivity index (χ2n) is 4.50. The van der Waals surface area contributed by atoms with Crippen molar-refractivity contribution < 1.29 is 9.84 Å². The molecule has 2 aromatic rings. The molecule has 1 aromatic carbocycles. The van der Waals surface area contributed by atoms with Gasteiger partial charge in [-0.05, 0) is 24.6 Å². The molecule has 106 valence electrons. The van der Waals surface area contributed by atoms with E-state index in [1.165, 1.54) is 0 Å². The monoisotopic (exact) mass is 272 g/mol. The van der Waals surface area contributed by atoms with Gasteiger partial charge in [-0.3, -0.25) is 0 Å². The van der Waals surface area contributed by atoms with Crippen LogP contribution in [0.15, 0.2) is 42.5 Å². The zero-order chi connectivity index (χ0) is 14.2. The maximum Gasteiger partial charge on any atom is 0.130 e. The van der Waals surface area contributed by atoms with Gasteiger partial charge in [0.05, 0.1) is 12.3 Å². The number of aliphatic hydroxyl groups is 1. The van der Waals surface area contributed by atoms with E-state index in [2.05, 4.69) is 17.2 Å². The number of hydrogen-bond acceptors (Lipinski definition) is 4. The van der Waals surface area contributed by atoms with Gasteiger partial charge in [0.2, 0.25) is 0 Å². The Morgan fingerprint density at radius 3 is 2.80 bits per heavy atom. The van der Waals surface area contributed by atoms with Crippen molar-refractivity contribution in [1.29, 1.82) is 0 Å². The van der Waals surface area contributed by atoms with Crippen LogP contribution in [-0.2, 0) is 13.2 Å². The van der Waals surface area contributed by atoms with Crippen molar-refractivity contribution in [3.63, 3.8) is 0 Å². The molecule has 0 aliphatic carbocycles.